The van der Waals surface area contributed by atoms with E-state index in [2.05, 4.69) is 29.7 Å². The van der Waals surface area contributed by atoms with Crippen LogP contribution in [0.4, 0.5) is 64.3 Å². The molecule has 0 saturated heterocycles. The third-order valence-corrected chi connectivity index (χ3v) is 3.78. The van der Waals surface area contributed by atoms with E-state index in [0.717, 1.165) is 12.1 Å². The largest absolute Gasteiger partial charge is 0.440 e. The van der Waals surface area contributed by atoms with Crippen molar-refractivity contribution in [1.82, 2.24) is 15.0 Å². The first kappa shape index (κ1) is 28.7. The molecule has 0 amide bonds. The van der Waals surface area contributed by atoms with Crippen LogP contribution in [-0.2, 0) is 0 Å². The molecule has 0 aliphatic carbocycles. The summed E-state index contributed by atoms with van der Waals surface area (Å²) in [4.78, 5) is 19.9. The lowest BCUT2D eigenvalue weighted by Gasteiger charge is -2.24. The van der Waals surface area contributed by atoms with Gasteiger partial charge in [0.15, 0.2) is 5.78 Å². The van der Waals surface area contributed by atoms with Crippen LogP contribution >= 0.6 is 0 Å². The summed E-state index contributed by atoms with van der Waals surface area (Å²) in [5.74, 6) is -1.57. The minimum atomic E-state index is -6.14. The molecule has 7 nitrogen and oxygen atoms in total. The van der Waals surface area contributed by atoms with Gasteiger partial charge in [0.25, 0.3) is 12.2 Å². The zero-order valence-electron chi connectivity index (χ0n) is 17.1. The molecule has 1 N–H and O–H groups in total. The van der Waals surface area contributed by atoms with Gasteiger partial charge in [0.1, 0.15) is 0 Å². The number of nitrogens with one attached hydrogen (secondary N) is 1. The number of alkyl halides is 12. The second-order valence-electron chi connectivity index (χ2n) is 6.64. The smallest absolute Gasteiger partial charge is 0.434 e. The zero-order chi connectivity index (χ0) is 27.7. The summed E-state index contributed by atoms with van der Waals surface area (Å²) in [6, 6.07) is 0.616. The van der Waals surface area contributed by atoms with Gasteiger partial charge in [-0.3, -0.25) is 4.79 Å². The third kappa shape index (κ3) is 7.74. The van der Waals surface area contributed by atoms with E-state index in [4.69, 9.17) is 0 Å². The van der Waals surface area contributed by atoms with Gasteiger partial charge in [-0.25, -0.2) is 0 Å². The number of rotatable bonds is 7. The van der Waals surface area contributed by atoms with E-state index < -0.39 is 60.7 Å². The summed E-state index contributed by atoms with van der Waals surface area (Å²) in [7, 11) is 0. The quantitative estimate of drug-likeness (QED) is 0.360. The van der Waals surface area contributed by atoms with Crippen LogP contribution in [0.3, 0.4) is 0 Å². The Morgan fingerprint density at radius 2 is 1.06 bits per heavy atom. The van der Waals surface area contributed by atoms with Gasteiger partial charge in [-0.1, -0.05) is 0 Å². The molecule has 0 atom stereocenters. The topological polar surface area (TPSA) is 86.2 Å². The number of benzene rings is 1. The maximum absolute atomic E-state index is 12.8. The van der Waals surface area contributed by atoms with Crippen molar-refractivity contribution in [3.63, 3.8) is 0 Å². The van der Waals surface area contributed by atoms with Gasteiger partial charge in [-0.15, -0.1) is 4.98 Å². The van der Waals surface area contributed by atoms with E-state index in [9.17, 15) is 57.5 Å². The molecule has 19 heteroatoms. The number of Topliss-reactive ketones (excluding diaryl/α,β-unsaturated/α-hetero) is 1. The summed E-state index contributed by atoms with van der Waals surface area (Å²) in [6.45, 7) is 1.18. The highest BCUT2D eigenvalue weighted by Gasteiger charge is 2.61. The number of hydrogen-bond donors (Lipinski definition) is 1. The number of anilines is 2. The molecular weight excluding hydrogens is 536 g/mol. The number of carbonyl (C=O) groups is 1. The van der Waals surface area contributed by atoms with E-state index in [1.54, 1.807) is 0 Å². The second kappa shape index (κ2) is 9.84. The summed E-state index contributed by atoms with van der Waals surface area (Å²) >= 11 is 0. The van der Waals surface area contributed by atoms with Crippen LogP contribution in [0.5, 0.6) is 12.0 Å². The number of nitrogens with zero attached hydrogens (tertiary/aromatic N) is 3. The molecule has 0 aliphatic rings. The molecule has 2 aromatic rings. The maximum Gasteiger partial charge on any atom is 0.434 e. The predicted molar refractivity (Wildman–Crippen MR) is 92.6 cm³/mol. The lowest BCUT2D eigenvalue weighted by molar-refractivity contribution is -0.302. The Hall–Kier alpha value is -3.54. The molecule has 1 heterocycles. The Bertz CT molecular complexity index is 985. The van der Waals surface area contributed by atoms with E-state index >= 15 is 0 Å². The number of ether oxygens (including phenoxy) is 2. The van der Waals surface area contributed by atoms with Crippen LogP contribution in [0.1, 0.15) is 17.3 Å². The van der Waals surface area contributed by atoms with Crippen molar-refractivity contribution in [2.45, 2.75) is 43.8 Å². The van der Waals surface area contributed by atoms with Gasteiger partial charge < -0.3 is 14.8 Å². The summed E-state index contributed by atoms with van der Waals surface area (Å²) < 4.78 is 161. The van der Waals surface area contributed by atoms with Gasteiger partial charge in [0.2, 0.25) is 5.95 Å². The Balaban J connectivity index is 2.54. The molecule has 1 aromatic heterocycles. The minimum Gasteiger partial charge on any atom is -0.440 e. The Morgan fingerprint density at radius 1 is 0.694 bits per heavy atom. The first-order valence-corrected chi connectivity index (χ1v) is 8.92. The third-order valence-electron chi connectivity index (χ3n) is 3.78. The fourth-order valence-electron chi connectivity index (χ4n) is 2.27. The predicted octanol–water partition coefficient (Wildman–Crippen LogP) is 5.56. The van der Waals surface area contributed by atoms with Crippen molar-refractivity contribution < 1.29 is 67.0 Å². The van der Waals surface area contributed by atoms with Crippen molar-refractivity contribution in [1.29, 1.82) is 0 Å². The zero-order valence-corrected chi connectivity index (χ0v) is 17.1. The van der Waals surface area contributed by atoms with Crippen molar-refractivity contribution in [3.8, 4) is 12.0 Å². The standard InChI is InChI=1S/C17H10F12N4O3/c1-6(34)7-2-4-8(5-3-7)30-11-31-12(35-9(14(18,19)20)15(21,22)23)33-13(32-11)36-10(16(24,25)26)17(27,28)29/h2-5,9-10H,1H3,(H,30,31,32,33). The molecule has 0 radical (unpaired) electrons. The Morgan fingerprint density at radius 3 is 1.36 bits per heavy atom. The molecule has 0 fully saturated rings. The molecular formula is C17H10F12N4O3. The molecule has 2 rings (SSSR count). The fourth-order valence-corrected chi connectivity index (χ4v) is 2.27. The summed E-state index contributed by atoms with van der Waals surface area (Å²) in [5, 5.41) is 2.09. The Kier molecular flexibility index (Phi) is 7.84. The first-order valence-electron chi connectivity index (χ1n) is 8.92. The number of halogens is 12. The Labute approximate surface area is 191 Å². The normalized spacial score (nSPS) is 13.2. The molecule has 36 heavy (non-hydrogen) atoms. The summed E-state index contributed by atoms with van der Waals surface area (Å²) in [5.41, 5.74) is -0.00452. The van der Waals surface area contributed by atoms with Crippen LogP contribution in [-0.4, -0.2) is 57.6 Å². The van der Waals surface area contributed by atoms with Gasteiger partial charge in [-0.2, -0.15) is 62.7 Å². The average molecular weight is 546 g/mol. The molecule has 200 valence electrons. The van der Waals surface area contributed by atoms with E-state index in [0.29, 0.717) is 0 Å². The van der Waals surface area contributed by atoms with Crippen LogP contribution in [0, 0.1) is 0 Å². The van der Waals surface area contributed by atoms with Gasteiger partial charge >= 0.3 is 36.7 Å². The highest BCUT2D eigenvalue weighted by atomic mass is 19.4. The van der Waals surface area contributed by atoms with Crippen molar-refractivity contribution >= 4 is 17.4 Å². The SMILES string of the molecule is CC(=O)c1ccc(Nc2nc(OC(C(F)(F)F)C(F)(F)F)nc(OC(C(F)(F)F)C(F)(F)F)n2)cc1. The van der Waals surface area contributed by atoms with Crippen molar-refractivity contribution in [2.75, 3.05) is 5.32 Å². The fraction of sp³-hybridized carbons (Fsp3) is 0.412. The molecule has 0 saturated carbocycles. The maximum atomic E-state index is 12.8. The molecule has 1 aromatic carbocycles. The lowest BCUT2D eigenvalue weighted by Crippen LogP contribution is -2.47. The molecule has 0 unspecified atom stereocenters. The molecule has 0 bridgehead atoms. The van der Waals surface area contributed by atoms with Crippen molar-refractivity contribution in [2.24, 2.45) is 0 Å². The van der Waals surface area contributed by atoms with Crippen LogP contribution < -0.4 is 14.8 Å². The van der Waals surface area contributed by atoms with Crippen LogP contribution in [0.2, 0.25) is 0 Å². The van der Waals surface area contributed by atoms with Gasteiger partial charge in [0, 0.05) is 11.3 Å². The highest BCUT2D eigenvalue weighted by Crippen LogP contribution is 2.38. The van der Waals surface area contributed by atoms with E-state index in [1.807, 2.05) is 0 Å². The number of ketones is 1. The minimum absolute atomic E-state index is 0.139. The van der Waals surface area contributed by atoms with Crippen LogP contribution in [0.25, 0.3) is 0 Å². The second-order valence-corrected chi connectivity index (χ2v) is 6.64. The summed E-state index contributed by atoms with van der Waals surface area (Å²) in [6.07, 6.45) is -33.8. The monoisotopic (exact) mass is 546 g/mol. The van der Waals surface area contributed by atoms with Crippen molar-refractivity contribution in [3.05, 3.63) is 29.8 Å². The molecule has 0 aliphatic heterocycles. The lowest BCUT2D eigenvalue weighted by atomic mass is 10.1. The van der Waals surface area contributed by atoms with Gasteiger partial charge in [0.05, 0.1) is 0 Å². The average Bonchev–Trinajstić information content (AvgIpc) is 2.67. The van der Waals surface area contributed by atoms with Gasteiger partial charge in [-0.05, 0) is 31.2 Å². The van der Waals surface area contributed by atoms with E-state index in [-0.39, 0.29) is 11.3 Å². The van der Waals surface area contributed by atoms with Crippen LogP contribution in [0.15, 0.2) is 24.3 Å². The number of carbonyl (C=O) groups excluding carboxylic acids is 1. The first-order chi connectivity index (χ1) is 16.2. The number of aromatic nitrogens is 3. The number of hydrogen-bond acceptors (Lipinski definition) is 7. The highest BCUT2D eigenvalue weighted by molar-refractivity contribution is 5.94. The van der Waals surface area contributed by atoms with E-state index in [1.165, 1.54) is 19.1 Å². The molecule has 0 spiro atoms.